The van der Waals surface area contributed by atoms with Gasteiger partial charge in [0.2, 0.25) is 11.8 Å². The number of nitrogens with zero attached hydrogens (tertiary/aromatic N) is 5. The molecule has 0 fully saturated rings. The monoisotopic (exact) mass is 502 g/mol. The van der Waals surface area contributed by atoms with Gasteiger partial charge in [0.1, 0.15) is 17.8 Å². The number of benzene rings is 2. The number of carbonyl (C=O) groups excluding carboxylic acids is 2. The molecule has 2 heterocycles. The number of hydrogen-bond acceptors (Lipinski definition) is 5. The van der Waals surface area contributed by atoms with Gasteiger partial charge in [-0.1, -0.05) is 24.3 Å². The van der Waals surface area contributed by atoms with Crippen molar-refractivity contribution in [2.75, 3.05) is 11.5 Å². The second kappa shape index (κ2) is 10.9. The SMILES string of the molecule is CCOc1ccc(N(C(=O)Cn2nnc3ccccc32)[C@H](C(=O)NC(C)(C)CC)c2cccn2C)cc1. The molecule has 0 spiro atoms. The second-order valence-electron chi connectivity index (χ2n) is 9.60. The molecule has 2 amide bonds. The minimum absolute atomic E-state index is 0.0842. The van der Waals surface area contributed by atoms with Crippen LogP contribution in [0.25, 0.3) is 11.0 Å². The van der Waals surface area contributed by atoms with E-state index in [1.165, 1.54) is 0 Å². The van der Waals surface area contributed by atoms with E-state index in [4.69, 9.17) is 4.74 Å². The van der Waals surface area contributed by atoms with Crippen LogP contribution in [0.15, 0.2) is 66.9 Å². The molecule has 9 heteroatoms. The first-order valence-electron chi connectivity index (χ1n) is 12.5. The van der Waals surface area contributed by atoms with Crippen molar-refractivity contribution in [1.82, 2.24) is 24.9 Å². The lowest BCUT2D eigenvalue weighted by Gasteiger charge is -2.34. The van der Waals surface area contributed by atoms with Crippen LogP contribution in [0.2, 0.25) is 0 Å². The highest BCUT2D eigenvalue weighted by atomic mass is 16.5. The van der Waals surface area contributed by atoms with Gasteiger partial charge in [-0.3, -0.25) is 14.5 Å². The van der Waals surface area contributed by atoms with E-state index >= 15 is 0 Å². The summed E-state index contributed by atoms with van der Waals surface area (Å²) in [7, 11) is 1.87. The van der Waals surface area contributed by atoms with Crippen LogP contribution in [-0.2, 0) is 23.2 Å². The molecule has 4 aromatic rings. The predicted octanol–water partition coefficient (Wildman–Crippen LogP) is 4.25. The summed E-state index contributed by atoms with van der Waals surface area (Å²) in [6, 6.07) is 17.5. The van der Waals surface area contributed by atoms with E-state index in [1.807, 2.05) is 81.9 Å². The van der Waals surface area contributed by atoms with Crippen LogP contribution in [-0.4, -0.2) is 43.5 Å². The molecule has 0 aliphatic carbocycles. The fraction of sp³-hybridized carbons (Fsp3) is 0.357. The van der Waals surface area contributed by atoms with E-state index in [-0.39, 0.29) is 18.4 Å². The maximum absolute atomic E-state index is 14.1. The van der Waals surface area contributed by atoms with Gasteiger partial charge in [0, 0.05) is 24.5 Å². The van der Waals surface area contributed by atoms with Gasteiger partial charge in [-0.05, 0) is 75.7 Å². The lowest BCUT2D eigenvalue weighted by atomic mass is 10.00. The summed E-state index contributed by atoms with van der Waals surface area (Å²) in [6.45, 7) is 8.32. The van der Waals surface area contributed by atoms with Gasteiger partial charge in [0.05, 0.1) is 17.8 Å². The first-order chi connectivity index (χ1) is 17.7. The summed E-state index contributed by atoms with van der Waals surface area (Å²) >= 11 is 0. The Bertz CT molecular complexity index is 1370. The molecular weight excluding hydrogens is 468 g/mol. The molecule has 2 aromatic heterocycles. The van der Waals surface area contributed by atoms with E-state index in [9.17, 15) is 9.59 Å². The molecule has 194 valence electrons. The van der Waals surface area contributed by atoms with Crippen molar-refractivity contribution < 1.29 is 14.3 Å². The number of aromatic nitrogens is 4. The summed E-state index contributed by atoms with van der Waals surface area (Å²) in [4.78, 5) is 29.5. The number of amides is 2. The first-order valence-corrected chi connectivity index (χ1v) is 12.5. The van der Waals surface area contributed by atoms with E-state index in [1.54, 1.807) is 33.8 Å². The number of nitrogens with one attached hydrogen (secondary N) is 1. The number of para-hydroxylation sites is 1. The molecule has 2 aromatic carbocycles. The zero-order valence-corrected chi connectivity index (χ0v) is 22.0. The normalized spacial score (nSPS) is 12.4. The number of aryl methyl sites for hydroxylation is 1. The number of anilines is 1. The van der Waals surface area contributed by atoms with Crippen LogP contribution in [0, 0.1) is 0 Å². The van der Waals surface area contributed by atoms with E-state index < -0.39 is 11.6 Å². The molecule has 0 aliphatic heterocycles. The van der Waals surface area contributed by atoms with Crippen molar-refractivity contribution in [2.45, 2.75) is 52.2 Å². The Morgan fingerprint density at radius 2 is 1.78 bits per heavy atom. The third kappa shape index (κ3) is 5.66. The lowest BCUT2D eigenvalue weighted by molar-refractivity contribution is -0.128. The Balaban J connectivity index is 1.80. The largest absolute Gasteiger partial charge is 0.494 e. The fourth-order valence-electron chi connectivity index (χ4n) is 4.18. The van der Waals surface area contributed by atoms with Gasteiger partial charge in [0.25, 0.3) is 0 Å². The summed E-state index contributed by atoms with van der Waals surface area (Å²) in [6.07, 6.45) is 2.60. The highest BCUT2D eigenvalue weighted by molar-refractivity contribution is 6.01. The Kier molecular flexibility index (Phi) is 7.61. The third-order valence-corrected chi connectivity index (χ3v) is 6.52. The quantitative estimate of drug-likeness (QED) is 0.350. The molecule has 0 unspecified atom stereocenters. The molecule has 0 aliphatic rings. The minimum atomic E-state index is -0.911. The van der Waals surface area contributed by atoms with Crippen LogP contribution in [0.3, 0.4) is 0 Å². The zero-order chi connectivity index (χ0) is 26.6. The van der Waals surface area contributed by atoms with Crippen LogP contribution < -0.4 is 15.0 Å². The van der Waals surface area contributed by atoms with Gasteiger partial charge >= 0.3 is 0 Å². The highest BCUT2D eigenvalue weighted by Gasteiger charge is 2.36. The molecule has 9 nitrogen and oxygen atoms in total. The van der Waals surface area contributed by atoms with Crippen LogP contribution >= 0.6 is 0 Å². The molecule has 1 atom stereocenters. The Morgan fingerprint density at radius 3 is 2.43 bits per heavy atom. The number of rotatable bonds is 10. The average molecular weight is 503 g/mol. The standard InChI is InChI=1S/C28H34N6O3/c1-6-28(3,4)29-27(36)26(24-13-10-18-32(24)5)34(20-14-16-21(17-15-20)37-7-2)25(35)19-33-23-12-9-8-11-22(23)30-31-33/h8-18,26H,6-7,19H2,1-5H3,(H,29,36)/t26-/m0/s1. The number of ether oxygens (including phenoxy) is 1. The van der Waals surface area contributed by atoms with Gasteiger partial charge in [-0.2, -0.15) is 0 Å². The molecular formula is C28H34N6O3. The summed E-state index contributed by atoms with van der Waals surface area (Å²) < 4.78 is 9.03. The molecule has 0 bridgehead atoms. The maximum atomic E-state index is 14.1. The molecule has 0 saturated heterocycles. The van der Waals surface area contributed by atoms with Crippen LogP contribution in [0.4, 0.5) is 5.69 Å². The molecule has 0 radical (unpaired) electrons. The predicted molar refractivity (Wildman–Crippen MR) is 143 cm³/mol. The summed E-state index contributed by atoms with van der Waals surface area (Å²) in [5.74, 6) is 0.128. The molecule has 37 heavy (non-hydrogen) atoms. The van der Waals surface area contributed by atoms with Crippen molar-refractivity contribution in [1.29, 1.82) is 0 Å². The smallest absolute Gasteiger partial charge is 0.249 e. The first kappa shape index (κ1) is 25.9. The molecule has 0 saturated carbocycles. The Hall–Kier alpha value is -4.14. The van der Waals surface area contributed by atoms with Crippen LogP contribution in [0.5, 0.6) is 5.75 Å². The highest BCUT2D eigenvalue weighted by Crippen LogP contribution is 2.31. The van der Waals surface area contributed by atoms with Crippen molar-refractivity contribution in [3.63, 3.8) is 0 Å². The second-order valence-corrected chi connectivity index (χ2v) is 9.60. The van der Waals surface area contributed by atoms with Gasteiger partial charge in [-0.15, -0.1) is 5.10 Å². The topological polar surface area (TPSA) is 94.3 Å². The van der Waals surface area contributed by atoms with E-state index in [0.29, 0.717) is 29.3 Å². The van der Waals surface area contributed by atoms with E-state index in [0.717, 1.165) is 11.9 Å². The van der Waals surface area contributed by atoms with Crippen molar-refractivity contribution in [3.8, 4) is 5.75 Å². The lowest BCUT2D eigenvalue weighted by Crippen LogP contribution is -2.51. The number of hydrogen-bond donors (Lipinski definition) is 1. The minimum Gasteiger partial charge on any atom is -0.494 e. The van der Waals surface area contributed by atoms with Crippen molar-refractivity contribution in [2.24, 2.45) is 7.05 Å². The fourth-order valence-corrected chi connectivity index (χ4v) is 4.18. The Morgan fingerprint density at radius 1 is 1.05 bits per heavy atom. The maximum Gasteiger partial charge on any atom is 0.249 e. The third-order valence-electron chi connectivity index (χ3n) is 6.52. The summed E-state index contributed by atoms with van der Waals surface area (Å²) in [5.41, 5.74) is 2.26. The number of fused-ring (bicyclic) bond motifs is 1. The summed E-state index contributed by atoms with van der Waals surface area (Å²) in [5, 5.41) is 11.5. The number of carbonyl (C=O) groups is 2. The van der Waals surface area contributed by atoms with E-state index in [2.05, 4.69) is 15.6 Å². The van der Waals surface area contributed by atoms with Gasteiger partial charge in [-0.25, -0.2) is 4.68 Å². The van der Waals surface area contributed by atoms with Crippen molar-refractivity contribution in [3.05, 3.63) is 72.6 Å². The molecule has 4 rings (SSSR count). The Labute approximate surface area is 217 Å². The average Bonchev–Trinajstić information content (AvgIpc) is 3.49. The molecule has 1 N–H and O–H groups in total. The van der Waals surface area contributed by atoms with Gasteiger partial charge < -0.3 is 14.6 Å². The van der Waals surface area contributed by atoms with Gasteiger partial charge in [0.15, 0.2) is 6.04 Å². The van der Waals surface area contributed by atoms with Crippen molar-refractivity contribution >= 4 is 28.5 Å². The zero-order valence-electron chi connectivity index (χ0n) is 22.0. The van der Waals surface area contributed by atoms with Crippen LogP contribution in [0.1, 0.15) is 45.9 Å².